The first-order valence-electron chi connectivity index (χ1n) is 5.31. The van der Waals surface area contributed by atoms with Crippen LogP contribution in [0.3, 0.4) is 0 Å². The summed E-state index contributed by atoms with van der Waals surface area (Å²) in [6, 6.07) is 0. The van der Waals surface area contributed by atoms with Crippen LogP contribution in [-0.4, -0.2) is 42.4 Å². The Balaban J connectivity index is 2.56. The van der Waals surface area contributed by atoms with Crippen molar-refractivity contribution < 1.29 is 19.1 Å². The van der Waals surface area contributed by atoms with Crippen LogP contribution in [0.2, 0.25) is 0 Å². The van der Waals surface area contributed by atoms with Crippen LogP contribution < -0.4 is 5.73 Å². The first-order valence-corrected chi connectivity index (χ1v) is 5.31. The van der Waals surface area contributed by atoms with Gasteiger partial charge in [0, 0.05) is 13.1 Å². The van der Waals surface area contributed by atoms with Gasteiger partial charge in [0.15, 0.2) is 0 Å². The lowest BCUT2D eigenvalue weighted by atomic mass is 9.98. The van der Waals surface area contributed by atoms with Crippen LogP contribution in [0.25, 0.3) is 0 Å². The van der Waals surface area contributed by atoms with E-state index in [0.29, 0.717) is 26.0 Å². The van der Waals surface area contributed by atoms with Gasteiger partial charge < -0.3 is 15.4 Å². The summed E-state index contributed by atoms with van der Waals surface area (Å²) in [5, 5.41) is 0. The van der Waals surface area contributed by atoms with E-state index in [0.717, 1.165) is 0 Å². The van der Waals surface area contributed by atoms with Crippen molar-refractivity contribution in [2.45, 2.75) is 19.8 Å². The SMILES string of the molecule is CCOC(=O)C1CCCN(C(=O)C(N)=O)C1. The molecule has 1 rings (SSSR count). The lowest BCUT2D eigenvalue weighted by molar-refractivity contribution is -0.153. The Hall–Kier alpha value is -1.59. The van der Waals surface area contributed by atoms with Crippen molar-refractivity contribution >= 4 is 17.8 Å². The van der Waals surface area contributed by atoms with Gasteiger partial charge in [0.05, 0.1) is 12.5 Å². The van der Waals surface area contributed by atoms with Crippen LogP contribution in [0, 0.1) is 5.92 Å². The van der Waals surface area contributed by atoms with Crippen molar-refractivity contribution in [1.29, 1.82) is 0 Å². The molecule has 2 amide bonds. The van der Waals surface area contributed by atoms with E-state index in [1.54, 1.807) is 6.92 Å². The van der Waals surface area contributed by atoms with Crippen LogP contribution >= 0.6 is 0 Å². The van der Waals surface area contributed by atoms with E-state index < -0.39 is 11.8 Å². The summed E-state index contributed by atoms with van der Waals surface area (Å²) < 4.78 is 4.88. The molecule has 0 aromatic rings. The largest absolute Gasteiger partial charge is 0.466 e. The first kappa shape index (κ1) is 12.5. The van der Waals surface area contributed by atoms with E-state index in [2.05, 4.69) is 0 Å². The van der Waals surface area contributed by atoms with Gasteiger partial charge in [0.25, 0.3) is 0 Å². The Morgan fingerprint density at radius 2 is 2.12 bits per heavy atom. The number of nitrogens with zero attached hydrogens (tertiary/aromatic N) is 1. The van der Waals surface area contributed by atoms with Crippen LogP contribution in [0.5, 0.6) is 0 Å². The van der Waals surface area contributed by atoms with Gasteiger partial charge in [-0.05, 0) is 19.8 Å². The molecule has 6 heteroatoms. The number of rotatable bonds is 2. The van der Waals surface area contributed by atoms with Gasteiger partial charge >= 0.3 is 17.8 Å². The fraction of sp³-hybridized carbons (Fsp3) is 0.700. The molecule has 2 N–H and O–H groups in total. The number of piperidine rings is 1. The molecule has 1 unspecified atom stereocenters. The number of esters is 1. The Bertz CT molecular complexity index is 303. The summed E-state index contributed by atoms with van der Waals surface area (Å²) in [5.41, 5.74) is 4.90. The molecule has 0 aromatic carbocycles. The van der Waals surface area contributed by atoms with Crippen molar-refractivity contribution in [3.8, 4) is 0 Å². The summed E-state index contributed by atoms with van der Waals surface area (Å²) in [4.78, 5) is 34.8. The molecule has 0 saturated carbocycles. The highest BCUT2D eigenvalue weighted by molar-refractivity contribution is 6.34. The molecule has 1 atom stereocenters. The fourth-order valence-corrected chi connectivity index (χ4v) is 1.77. The lowest BCUT2D eigenvalue weighted by Gasteiger charge is -2.30. The monoisotopic (exact) mass is 228 g/mol. The zero-order valence-electron chi connectivity index (χ0n) is 9.27. The molecule has 0 radical (unpaired) electrons. The van der Waals surface area contributed by atoms with Gasteiger partial charge in [-0.25, -0.2) is 0 Å². The summed E-state index contributed by atoms with van der Waals surface area (Å²) in [6.45, 7) is 2.74. The highest BCUT2D eigenvalue weighted by Crippen LogP contribution is 2.17. The number of amides is 2. The molecule has 0 bridgehead atoms. The third kappa shape index (κ3) is 2.95. The molecule has 1 saturated heterocycles. The molecule has 1 heterocycles. The number of hydrogen-bond acceptors (Lipinski definition) is 4. The minimum absolute atomic E-state index is 0.223. The van der Waals surface area contributed by atoms with Gasteiger partial charge in [0.2, 0.25) is 0 Å². The standard InChI is InChI=1S/C10H16N2O4/c1-2-16-10(15)7-4-3-5-12(6-7)9(14)8(11)13/h7H,2-6H2,1H3,(H2,11,13). The van der Waals surface area contributed by atoms with Crippen LogP contribution in [0.4, 0.5) is 0 Å². The second kappa shape index (κ2) is 5.48. The van der Waals surface area contributed by atoms with Gasteiger partial charge in [0.1, 0.15) is 0 Å². The molecule has 16 heavy (non-hydrogen) atoms. The number of primary amides is 1. The van der Waals surface area contributed by atoms with Crippen LogP contribution in [-0.2, 0) is 19.1 Å². The molecular formula is C10H16N2O4. The van der Waals surface area contributed by atoms with E-state index in [1.165, 1.54) is 4.90 Å². The van der Waals surface area contributed by atoms with E-state index >= 15 is 0 Å². The van der Waals surface area contributed by atoms with E-state index in [9.17, 15) is 14.4 Å². The first-order chi connectivity index (χ1) is 7.56. The summed E-state index contributed by atoms with van der Waals surface area (Å²) >= 11 is 0. The number of carbonyl (C=O) groups excluding carboxylic acids is 3. The molecule has 1 aliphatic rings. The smallest absolute Gasteiger partial charge is 0.311 e. The molecular weight excluding hydrogens is 212 g/mol. The number of hydrogen-bond donors (Lipinski definition) is 1. The quantitative estimate of drug-likeness (QED) is 0.498. The maximum absolute atomic E-state index is 11.5. The number of ether oxygens (including phenoxy) is 1. The maximum atomic E-state index is 11.5. The van der Waals surface area contributed by atoms with Gasteiger partial charge in [-0.1, -0.05) is 0 Å². The molecule has 90 valence electrons. The minimum Gasteiger partial charge on any atom is -0.466 e. The van der Waals surface area contributed by atoms with E-state index in [-0.39, 0.29) is 18.4 Å². The van der Waals surface area contributed by atoms with E-state index in [1.807, 2.05) is 0 Å². The zero-order chi connectivity index (χ0) is 12.1. The number of nitrogens with two attached hydrogens (primary N) is 1. The predicted molar refractivity (Wildman–Crippen MR) is 55.1 cm³/mol. The molecule has 6 nitrogen and oxygen atoms in total. The third-order valence-electron chi connectivity index (χ3n) is 2.54. The summed E-state index contributed by atoms with van der Waals surface area (Å²) in [7, 11) is 0. The van der Waals surface area contributed by atoms with Crippen molar-refractivity contribution in [3.05, 3.63) is 0 Å². The van der Waals surface area contributed by atoms with Crippen molar-refractivity contribution in [3.63, 3.8) is 0 Å². The van der Waals surface area contributed by atoms with Gasteiger partial charge in [-0.15, -0.1) is 0 Å². The zero-order valence-corrected chi connectivity index (χ0v) is 9.27. The Morgan fingerprint density at radius 3 is 2.69 bits per heavy atom. The third-order valence-corrected chi connectivity index (χ3v) is 2.54. The molecule has 0 aliphatic carbocycles. The van der Waals surface area contributed by atoms with Crippen molar-refractivity contribution in [2.24, 2.45) is 11.7 Å². The van der Waals surface area contributed by atoms with Crippen LogP contribution in [0.15, 0.2) is 0 Å². The number of carbonyl (C=O) groups is 3. The summed E-state index contributed by atoms with van der Waals surface area (Å²) in [6.07, 6.45) is 1.36. The van der Waals surface area contributed by atoms with Crippen LogP contribution in [0.1, 0.15) is 19.8 Å². The predicted octanol–water partition coefficient (Wildman–Crippen LogP) is -0.727. The highest BCUT2D eigenvalue weighted by Gasteiger charge is 2.30. The van der Waals surface area contributed by atoms with Gasteiger partial charge in [-0.3, -0.25) is 14.4 Å². The number of likely N-dealkylation sites (tertiary alicyclic amines) is 1. The average molecular weight is 228 g/mol. The topological polar surface area (TPSA) is 89.7 Å². The molecule has 0 aromatic heterocycles. The fourth-order valence-electron chi connectivity index (χ4n) is 1.77. The Labute approximate surface area is 93.7 Å². The van der Waals surface area contributed by atoms with Gasteiger partial charge in [-0.2, -0.15) is 0 Å². The van der Waals surface area contributed by atoms with Crippen molar-refractivity contribution in [2.75, 3.05) is 19.7 Å². The Kier molecular flexibility index (Phi) is 4.28. The lowest BCUT2D eigenvalue weighted by Crippen LogP contribution is -2.47. The molecule has 0 spiro atoms. The normalized spacial score (nSPS) is 20.3. The molecule has 1 fully saturated rings. The highest BCUT2D eigenvalue weighted by atomic mass is 16.5. The second-order valence-corrected chi connectivity index (χ2v) is 3.71. The van der Waals surface area contributed by atoms with E-state index in [4.69, 9.17) is 10.5 Å². The Morgan fingerprint density at radius 1 is 1.44 bits per heavy atom. The maximum Gasteiger partial charge on any atom is 0.311 e. The molecule has 1 aliphatic heterocycles. The minimum atomic E-state index is -0.982. The van der Waals surface area contributed by atoms with Crippen molar-refractivity contribution in [1.82, 2.24) is 4.90 Å². The average Bonchev–Trinajstić information content (AvgIpc) is 2.28. The summed E-state index contributed by atoms with van der Waals surface area (Å²) in [5.74, 6) is -2.36. The second-order valence-electron chi connectivity index (χ2n) is 3.71.